The summed E-state index contributed by atoms with van der Waals surface area (Å²) in [6, 6.07) is 94.8. The molecule has 0 aliphatic rings. The van der Waals surface area contributed by atoms with Gasteiger partial charge in [-0.2, -0.15) is 4.98 Å². The van der Waals surface area contributed by atoms with Crippen LogP contribution < -0.4 is 20.7 Å². The highest BCUT2D eigenvalue weighted by Gasteiger charge is 2.41. The number of hydrogen-bond acceptors (Lipinski definition) is 2. The molecule has 5 nitrogen and oxygen atoms in total. The van der Waals surface area contributed by atoms with Crippen molar-refractivity contribution in [2.24, 2.45) is 0 Å². The summed E-state index contributed by atoms with van der Waals surface area (Å²) >= 11 is 0. The fourth-order valence-electron chi connectivity index (χ4n) is 11.5. The maximum atomic E-state index is 5.69. The van der Waals surface area contributed by atoms with E-state index in [-0.39, 0.29) is 0 Å². The van der Waals surface area contributed by atoms with E-state index in [1.165, 1.54) is 36.9 Å². The SMILES string of the molecule is c1ccc(-n2c3ccccc3c3c2ccc2c4ccccc4n(-c4nc(-c5ccc([Si](c6ccccc6)(c6ccccc6)c6ccccc6)cc5)cc(-n5c6ccccc6c6ccccc65)n4)c23)cc1. The van der Waals surface area contributed by atoms with Crippen LogP contribution in [0.25, 0.3) is 94.1 Å². The van der Waals surface area contributed by atoms with E-state index in [2.05, 4.69) is 275 Å². The molecule has 14 rings (SSSR count). The van der Waals surface area contributed by atoms with Crippen molar-refractivity contribution in [3.63, 3.8) is 0 Å². The molecule has 0 amide bonds. The third-order valence-corrected chi connectivity index (χ3v) is 19.2. The Morgan fingerprint density at radius 2 is 0.729 bits per heavy atom. The minimum Gasteiger partial charge on any atom is -0.309 e. The van der Waals surface area contributed by atoms with Crippen LogP contribution in [-0.4, -0.2) is 31.7 Å². The van der Waals surface area contributed by atoms with Crippen LogP contribution in [0, 0.1) is 0 Å². The van der Waals surface area contributed by atoms with E-state index in [0.717, 1.165) is 72.0 Å². The number of benzene rings is 10. The van der Waals surface area contributed by atoms with E-state index < -0.39 is 8.07 Å². The van der Waals surface area contributed by atoms with Gasteiger partial charge in [-0.25, -0.2) is 4.98 Å². The van der Waals surface area contributed by atoms with Gasteiger partial charge in [0, 0.05) is 49.6 Å². The third-order valence-electron chi connectivity index (χ3n) is 14.4. The second kappa shape index (κ2) is 16.0. The topological polar surface area (TPSA) is 40.6 Å². The van der Waals surface area contributed by atoms with Crippen molar-refractivity contribution in [1.29, 1.82) is 0 Å². The quantitative estimate of drug-likeness (QED) is 0.113. The van der Waals surface area contributed by atoms with Gasteiger partial charge in [-0.15, -0.1) is 0 Å². The first kappa shape index (κ1) is 40.0. The average molecular weight is 910 g/mol. The minimum absolute atomic E-state index is 0.607. The zero-order valence-corrected chi connectivity index (χ0v) is 39.1. The summed E-state index contributed by atoms with van der Waals surface area (Å²) in [5.41, 5.74) is 9.55. The number of fused-ring (bicyclic) bond motifs is 10. The van der Waals surface area contributed by atoms with Crippen LogP contribution in [0.1, 0.15) is 0 Å². The molecule has 6 heteroatoms. The molecule has 0 radical (unpaired) electrons. The molecule has 4 heterocycles. The van der Waals surface area contributed by atoms with Gasteiger partial charge in [-0.3, -0.25) is 9.13 Å². The Kier molecular flexibility index (Phi) is 9.15. The average Bonchev–Trinajstić information content (AvgIpc) is 4.08. The monoisotopic (exact) mass is 909 g/mol. The molecule has 0 bridgehead atoms. The molecule has 0 spiro atoms. The van der Waals surface area contributed by atoms with Crippen molar-refractivity contribution < 1.29 is 0 Å². The molecule has 0 unspecified atom stereocenters. The molecule has 4 aromatic heterocycles. The summed E-state index contributed by atoms with van der Waals surface area (Å²) < 4.78 is 7.02. The standard InChI is InChI=1S/C64H43N5Si/c1-5-21-45(22-6-1)67-59-36-20-16-32-54(59)62-60(67)42-41-53-52-31-15-19-35-58(52)69(63(53)62)64-65-55(43-61(66-64)68-56-33-17-13-29-50(56)51-30-14-18-34-57(51)68)44-37-39-49(40-38-44)70(46-23-7-2-8-24-46,47-25-9-3-10-26-47)48-27-11-4-12-28-48/h1-43H. The lowest BCUT2D eigenvalue weighted by molar-refractivity contribution is 0.953. The van der Waals surface area contributed by atoms with Gasteiger partial charge in [0.15, 0.2) is 8.07 Å². The Hall–Kier alpha value is -9.10. The number of hydrogen-bond donors (Lipinski definition) is 0. The zero-order valence-electron chi connectivity index (χ0n) is 38.1. The third kappa shape index (κ3) is 5.97. The van der Waals surface area contributed by atoms with E-state index in [1.54, 1.807) is 0 Å². The fourth-order valence-corrected chi connectivity index (χ4v) is 16.2. The maximum absolute atomic E-state index is 5.69. The lowest BCUT2D eigenvalue weighted by Gasteiger charge is -2.34. The summed E-state index contributed by atoms with van der Waals surface area (Å²) in [6.45, 7) is 0. The first-order valence-corrected chi connectivity index (χ1v) is 25.9. The number of nitrogens with zero attached hydrogens (tertiary/aromatic N) is 5. The molecule has 14 aromatic rings. The largest absolute Gasteiger partial charge is 0.309 e. The van der Waals surface area contributed by atoms with E-state index in [0.29, 0.717) is 5.95 Å². The Morgan fingerprint density at radius 1 is 0.300 bits per heavy atom. The van der Waals surface area contributed by atoms with Gasteiger partial charge in [0.1, 0.15) is 5.82 Å². The molecule has 0 aliphatic heterocycles. The van der Waals surface area contributed by atoms with Gasteiger partial charge in [0.2, 0.25) is 5.95 Å². The van der Waals surface area contributed by atoms with Gasteiger partial charge in [-0.1, -0.05) is 212 Å². The summed E-state index contributed by atoms with van der Waals surface area (Å²) in [6.07, 6.45) is 0. The Labute approximate surface area is 405 Å². The lowest BCUT2D eigenvalue weighted by atomic mass is 10.1. The van der Waals surface area contributed by atoms with Crippen LogP contribution in [0.15, 0.2) is 261 Å². The van der Waals surface area contributed by atoms with E-state index in [1.807, 2.05) is 0 Å². The minimum atomic E-state index is -2.77. The van der Waals surface area contributed by atoms with Crippen LogP contribution in [0.5, 0.6) is 0 Å². The van der Waals surface area contributed by atoms with Gasteiger partial charge in [0.05, 0.1) is 38.8 Å². The molecule has 0 atom stereocenters. The molecule has 0 N–H and O–H groups in total. The predicted octanol–water partition coefficient (Wildman–Crippen LogP) is 12.8. The second-order valence-corrected chi connectivity index (χ2v) is 21.9. The Bertz CT molecular complexity index is 4120. The Morgan fingerprint density at radius 3 is 1.27 bits per heavy atom. The van der Waals surface area contributed by atoms with Crippen molar-refractivity contribution in [1.82, 2.24) is 23.7 Å². The highest BCUT2D eigenvalue weighted by Crippen LogP contribution is 2.42. The molecule has 70 heavy (non-hydrogen) atoms. The van der Waals surface area contributed by atoms with Crippen molar-refractivity contribution in [2.45, 2.75) is 0 Å². The summed E-state index contributed by atoms with van der Waals surface area (Å²) in [7, 11) is -2.77. The second-order valence-electron chi connectivity index (χ2n) is 18.1. The van der Waals surface area contributed by atoms with Gasteiger partial charge < -0.3 is 4.57 Å². The molecule has 328 valence electrons. The van der Waals surface area contributed by atoms with Crippen LogP contribution >= 0.6 is 0 Å². The summed E-state index contributed by atoms with van der Waals surface area (Å²) in [4.78, 5) is 11.4. The lowest BCUT2D eigenvalue weighted by Crippen LogP contribution is -2.74. The van der Waals surface area contributed by atoms with Crippen LogP contribution in [0.4, 0.5) is 0 Å². The van der Waals surface area contributed by atoms with Crippen molar-refractivity contribution in [3.8, 4) is 28.7 Å². The van der Waals surface area contributed by atoms with Crippen molar-refractivity contribution >= 4 is 94.2 Å². The first-order valence-electron chi connectivity index (χ1n) is 23.9. The number of rotatable bonds is 8. The van der Waals surface area contributed by atoms with Crippen molar-refractivity contribution in [3.05, 3.63) is 261 Å². The van der Waals surface area contributed by atoms with E-state index in [4.69, 9.17) is 9.97 Å². The smallest absolute Gasteiger partial charge is 0.237 e. The zero-order chi connectivity index (χ0) is 46.2. The number of para-hydroxylation sites is 5. The molecular formula is C64H43N5Si. The molecule has 0 saturated heterocycles. The van der Waals surface area contributed by atoms with Crippen LogP contribution in [0.3, 0.4) is 0 Å². The summed E-state index contributed by atoms with van der Waals surface area (Å²) in [5.74, 6) is 1.41. The highest BCUT2D eigenvalue weighted by molar-refractivity contribution is 7.19. The van der Waals surface area contributed by atoms with Crippen LogP contribution in [-0.2, 0) is 0 Å². The molecule has 0 saturated carbocycles. The first-order chi connectivity index (χ1) is 34.8. The van der Waals surface area contributed by atoms with Gasteiger partial charge in [0.25, 0.3) is 0 Å². The molecule has 0 fully saturated rings. The Balaban J connectivity index is 1.07. The molecular weight excluding hydrogens is 867 g/mol. The van der Waals surface area contributed by atoms with E-state index in [9.17, 15) is 0 Å². The highest BCUT2D eigenvalue weighted by atomic mass is 28.3. The molecule has 0 aliphatic carbocycles. The normalized spacial score (nSPS) is 12.0. The van der Waals surface area contributed by atoms with Gasteiger partial charge >= 0.3 is 0 Å². The predicted molar refractivity (Wildman–Crippen MR) is 294 cm³/mol. The number of aromatic nitrogens is 5. The fraction of sp³-hybridized carbons (Fsp3) is 0. The maximum Gasteiger partial charge on any atom is 0.237 e. The summed E-state index contributed by atoms with van der Waals surface area (Å²) in [5, 5.41) is 12.3. The van der Waals surface area contributed by atoms with Crippen molar-refractivity contribution in [2.75, 3.05) is 0 Å². The molecule has 10 aromatic carbocycles. The van der Waals surface area contributed by atoms with Crippen LogP contribution in [0.2, 0.25) is 0 Å². The van der Waals surface area contributed by atoms with Gasteiger partial charge in [-0.05, 0) is 63.2 Å². The van der Waals surface area contributed by atoms with E-state index >= 15 is 0 Å².